The van der Waals surface area contributed by atoms with Gasteiger partial charge in [0.25, 0.3) is 0 Å². The van der Waals surface area contributed by atoms with Gasteiger partial charge in [-0.3, -0.25) is 0 Å². The summed E-state index contributed by atoms with van der Waals surface area (Å²) in [5.41, 5.74) is 12.3. The molecule has 0 radical (unpaired) electrons. The topological polar surface area (TPSA) is 117 Å². The third kappa shape index (κ3) is 2.72. The van der Waals surface area contributed by atoms with Crippen molar-refractivity contribution in [3.8, 4) is 0 Å². The minimum atomic E-state index is -0.512. The third-order valence-electron chi connectivity index (χ3n) is 5.06. The normalized spacial score (nSPS) is 26.5. The number of hydrogen-bond acceptors (Lipinski definition) is 8. The molecule has 2 aliphatic heterocycles. The third-order valence-corrected chi connectivity index (χ3v) is 5.06. The Morgan fingerprint density at radius 2 is 2.17 bits per heavy atom. The number of nitrogens with zero attached hydrogens (tertiary/aromatic N) is 3. The van der Waals surface area contributed by atoms with E-state index in [1.165, 1.54) is 13.3 Å². The molecule has 2 aliphatic rings. The van der Waals surface area contributed by atoms with Gasteiger partial charge in [-0.2, -0.15) is 0 Å². The van der Waals surface area contributed by atoms with Gasteiger partial charge in [-0.15, -0.1) is 0 Å². The molecule has 0 bridgehead atoms. The number of piperidine rings is 1. The van der Waals surface area contributed by atoms with Crippen molar-refractivity contribution >= 4 is 17.6 Å². The summed E-state index contributed by atoms with van der Waals surface area (Å²) < 4.78 is 10.5. The van der Waals surface area contributed by atoms with E-state index in [1.807, 2.05) is 11.8 Å². The molecular weight excluding hydrogens is 298 g/mol. The van der Waals surface area contributed by atoms with Crippen LogP contribution in [0.25, 0.3) is 0 Å². The lowest BCUT2D eigenvalue weighted by molar-refractivity contribution is 0.0594. The Labute approximate surface area is 135 Å². The van der Waals surface area contributed by atoms with Gasteiger partial charge in [0.05, 0.1) is 26.0 Å². The molecule has 0 saturated carbocycles. The van der Waals surface area contributed by atoms with Crippen LogP contribution in [0, 0.1) is 5.41 Å². The van der Waals surface area contributed by atoms with Gasteiger partial charge in [-0.25, -0.2) is 14.8 Å². The van der Waals surface area contributed by atoms with Gasteiger partial charge >= 0.3 is 5.97 Å². The van der Waals surface area contributed by atoms with Crippen molar-refractivity contribution < 1.29 is 14.3 Å². The zero-order valence-corrected chi connectivity index (χ0v) is 13.5. The van der Waals surface area contributed by atoms with E-state index in [4.69, 9.17) is 20.9 Å². The van der Waals surface area contributed by atoms with Crippen molar-refractivity contribution in [2.45, 2.75) is 31.9 Å². The van der Waals surface area contributed by atoms with Crippen molar-refractivity contribution in [1.29, 1.82) is 0 Å². The monoisotopic (exact) mass is 321 g/mol. The molecule has 0 aromatic carbocycles. The number of methoxy groups -OCH3 is 1. The first kappa shape index (κ1) is 15.9. The second-order valence-electron chi connectivity index (χ2n) is 6.35. The highest BCUT2D eigenvalue weighted by Crippen LogP contribution is 2.42. The van der Waals surface area contributed by atoms with Gasteiger partial charge in [-0.05, 0) is 19.8 Å². The standard InChI is InChI=1S/C15H23N5O3/c1-9-12(17)15(8-23-9)3-5-20(6-4-15)13-11(14(21)22-2)18-7-10(16)19-13/h7,9,12H,3-6,8,17H2,1-2H3,(H2,16,19)/t9-,12+/m0/s1. The molecule has 1 spiro atoms. The predicted octanol–water partition coefficient (Wildman–Crippen LogP) is 0.178. The van der Waals surface area contributed by atoms with Crippen LogP contribution in [0.15, 0.2) is 6.20 Å². The molecule has 23 heavy (non-hydrogen) atoms. The molecule has 1 aromatic heterocycles. The van der Waals surface area contributed by atoms with Crippen LogP contribution in [0.1, 0.15) is 30.3 Å². The minimum absolute atomic E-state index is 0.00903. The first-order valence-electron chi connectivity index (χ1n) is 7.80. The summed E-state index contributed by atoms with van der Waals surface area (Å²) >= 11 is 0. The Balaban J connectivity index is 1.80. The second kappa shape index (κ2) is 5.93. The summed E-state index contributed by atoms with van der Waals surface area (Å²) in [6.07, 6.45) is 3.22. The minimum Gasteiger partial charge on any atom is -0.464 e. The van der Waals surface area contributed by atoms with Crippen LogP contribution in [0.4, 0.5) is 11.6 Å². The lowest BCUT2D eigenvalue weighted by Crippen LogP contribution is -2.51. The number of nitrogen functional groups attached to an aromatic ring is 1. The number of rotatable bonds is 2. The molecule has 4 N–H and O–H groups in total. The number of carbonyl (C=O) groups excluding carboxylic acids is 1. The molecule has 3 heterocycles. The van der Waals surface area contributed by atoms with Crippen molar-refractivity contribution in [3.05, 3.63) is 11.9 Å². The summed E-state index contributed by atoms with van der Waals surface area (Å²) in [5.74, 6) is 0.247. The van der Waals surface area contributed by atoms with Gasteiger partial charge < -0.3 is 25.8 Å². The van der Waals surface area contributed by atoms with Gasteiger partial charge in [0.1, 0.15) is 5.82 Å². The lowest BCUT2D eigenvalue weighted by atomic mass is 9.73. The fraction of sp³-hybridized carbons (Fsp3) is 0.667. The molecule has 3 rings (SSSR count). The fourth-order valence-electron chi connectivity index (χ4n) is 3.49. The lowest BCUT2D eigenvalue weighted by Gasteiger charge is -2.41. The number of ether oxygens (including phenoxy) is 2. The summed E-state index contributed by atoms with van der Waals surface area (Å²) in [4.78, 5) is 22.3. The average molecular weight is 321 g/mol. The van der Waals surface area contributed by atoms with Crippen LogP contribution < -0.4 is 16.4 Å². The number of aromatic nitrogens is 2. The molecule has 8 nitrogen and oxygen atoms in total. The highest BCUT2D eigenvalue weighted by Gasteiger charge is 2.47. The average Bonchev–Trinajstić information content (AvgIpc) is 2.84. The highest BCUT2D eigenvalue weighted by atomic mass is 16.5. The number of carbonyl (C=O) groups is 1. The highest BCUT2D eigenvalue weighted by molar-refractivity contribution is 5.92. The zero-order chi connectivity index (χ0) is 16.6. The van der Waals surface area contributed by atoms with Gasteiger partial charge in [0.2, 0.25) is 0 Å². The quantitative estimate of drug-likeness (QED) is 0.741. The Morgan fingerprint density at radius 1 is 1.48 bits per heavy atom. The predicted molar refractivity (Wildman–Crippen MR) is 85.1 cm³/mol. The summed E-state index contributed by atoms with van der Waals surface area (Å²) in [7, 11) is 1.33. The molecule has 0 amide bonds. The van der Waals surface area contributed by atoms with E-state index in [0.29, 0.717) is 12.4 Å². The van der Waals surface area contributed by atoms with E-state index in [0.717, 1.165) is 25.9 Å². The van der Waals surface area contributed by atoms with E-state index >= 15 is 0 Å². The van der Waals surface area contributed by atoms with Crippen LogP contribution >= 0.6 is 0 Å². The van der Waals surface area contributed by atoms with Crippen LogP contribution in [0.2, 0.25) is 0 Å². The fourth-order valence-corrected chi connectivity index (χ4v) is 3.49. The largest absolute Gasteiger partial charge is 0.464 e. The maximum atomic E-state index is 11.9. The van der Waals surface area contributed by atoms with E-state index in [2.05, 4.69) is 9.97 Å². The van der Waals surface area contributed by atoms with E-state index < -0.39 is 5.97 Å². The maximum absolute atomic E-state index is 11.9. The Kier molecular flexibility index (Phi) is 4.11. The molecule has 2 fully saturated rings. The maximum Gasteiger partial charge on any atom is 0.360 e. The Bertz CT molecular complexity index is 601. The molecule has 1 aromatic rings. The SMILES string of the molecule is COC(=O)c1ncc(N)nc1N1CCC2(CC1)CO[C@@H](C)[C@H]2N. The van der Waals surface area contributed by atoms with Crippen LogP contribution in [-0.4, -0.2) is 54.9 Å². The zero-order valence-electron chi connectivity index (χ0n) is 13.5. The van der Waals surface area contributed by atoms with Gasteiger partial charge in [0, 0.05) is 24.5 Å². The number of hydrogen-bond donors (Lipinski definition) is 2. The van der Waals surface area contributed by atoms with E-state index in [-0.39, 0.29) is 29.1 Å². The Hall–Kier alpha value is -1.93. The van der Waals surface area contributed by atoms with Crippen LogP contribution in [0.3, 0.4) is 0 Å². The Morgan fingerprint density at radius 3 is 2.74 bits per heavy atom. The smallest absolute Gasteiger partial charge is 0.360 e. The summed E-state index contributed by atoms with van der Waals surface area (Å²) in [6, 6.07) is 0.0386. The van der Waals surface area contributed by atoms with Gasteiger partial charge in [0.15, 0.2) is 11.5 Å². The number of anilines is 2. The first-order valence-corrected chi connectivity index (χ1v) is 7.80. The van der Waals surface area contributed by atoms with E-state index in [1.54, 1.807) is 0 Å². The molecule has 2 saturated heterocycles. The van der Waals surface area contributed by atoms with Crippen LogP contribution in [-0.2, 0) is 9.47 Å². The van der Waals surface area contributed by atoms with Crippen LogP contribution in [0.5, 0.6) is 0 Å². The summed E-state index contributed by atoms with van der Waals surface area (Å²) in [6.45, 7) is 4.16. The van der Waals surface area contributed by atoms with Crippen molar-refractivity contribution in [3.63, 3.8) is 0 Å². The number of nitrogens with two attached hydrogens (primary N) is 2. The summed E-state index contributed by atoms with van der Waals surface area (Å²) in [5, 5.41) is 0. The van der Waals surface area contributed by atoms with E-state index in [9.17, 15) is 4.79 Å². The number of esters is 1. The molecule has 126 valence electrons. The molecular formula is C15H23N5O3. The first-order chi connectivity index (χ1) is 11.0. The molecule has 2 atom stereocenters. The molecule has 0 aliphatic carbocycles. The van der Waals surface area contributed by atoms with Crippen molar-refractivity contribution in [1.82, 2.24) is 9.97 Å². The van der Waals surface area contributed by atoms with Gasteiger partial charge in [-0.1, -0.05) is 0 Å². The van der Waals surface area contributed by atoms with Crippen molar-refractivity contribution in [2.75, 3.05) is 37.4 Å². The molecule has 0 unspecified atom stereocenters. The second-order valence-corrected chi connectivity index (χ2v) is 6.35. The van der Waals surface area contributed by atoms with Crippen molar-refractivity contribution in [2.24, 2.45) is 11.1 Å². The molecule has 8 heteroatoms.